The van der Waals surface area contributed by atoms with Crippen LogP contribution in [0, 0.1) is 0 Å². The van der Waals surface area contributed by atoms with Crippen molar-refractivity contribution in [3.63, 3.8) is 0 Å². The van der Waals surface area contributed by atoms with Gasteiger partial charge in [-0.05, 0) is 50.7 Å². The molecule has 1 N–H and O–H groups in total. The molecule has 0 aliphatic heterocycles. The molecule has 0 aromatic heterocycles. The number of rotatable bonds is 15. The van der Waals surface area contributed by atoms with Crippen molar-refractivity contribution in [2.45, 2.75) is 64.2 Å². The number of nitrogens with one attached hydrogen (secondary N) is 1. The second-order valence-electron chi connectivity index (χ2n) is 6.23. The summed E-state index contributed by atoms with van der Waals surface area (Å²) in [6.45, 7) is 4.66. The number of carbonyl (C=O) groups excluding carboxylic acids is 1. The highest BCUT2D eigenvalue weighted by Crippen LogP contribution is 2.12. The van der Waals surface area contributed by atoms with Gasteiger partial charge in [0.2, 0.25) is 0 Å². The van der Waals surface area contributed by atoms with Gasteiger partial charge in [-0.3, -0.25) is 4.79 Å². The number of anilines is 1. The molecule has 0 amide bonds. The minimum atomic E-state index is 0.734. The number of carbonyl (C=O) groups is 1. The lowest BCUT2D eigenvalue weighted by Gasteiger charge is -2.07. The maximum Gasteiger partial charge on any atom is 0.152 e. The van der Waals surface area contributed by atoms with E-state index in [0.717, 1.165) is 36.9 Å². The summed E-state index contributed by atoms with van der Waals surface area (Å²) in [6, 6.07) is 7.64. The van der Waals surface area contributed by atoms with E-state index in [0.29, 0.717) is 0 Å². The van der Waals surface area contributed by atoms with Crippen LogP contribution in [-0.4, -0.2) is 12.8 Å². The van der Waals surface area contributed by atoms with Crippen molar-refractivity contribution in [1.82, 2.24) is 0 Å². The maximum atomic E-state index is 10.9. The molecule has 0 fully saturated rings. The second kappa shape index (κ2) is 14.7. The number of hydrogen-bond acceptors (Lipinski definition) is 2. The molecule has 2 nitrogen and oxygen atoms in total. The molecular weight excluding hydrogens is 294 g/mol. The third kappa shape index (κ3) is 10.0. The van der Waals surface area contributed by atoms with Crippen molar-refractivity contribution in [3.05, 3.63) is 54.6 Å². The van der Waals surface area contributed by atoms with Crippen LogP contribution < -0.4 is 5.32 Å². The van der Waals surface area contributed by atoms with Gasteiger partial charge in [0.1, 0.15) is 0 Å². The van der Waals surface area contributed by atoms with E-state index in [4.69, 9.17) is 0 Å². The summed E-state index contributed by atoms with van der Waals surface area (Å²) in [6.07, 6.45) is 20.1. The van der Waals surface area contributed by atoms with E-state index in [2.05, 4.69) is 24.0 Å². The van der Waals surface area contributed by atoms with E-state index >= 15 is 0 Å². The highest BCUT2D eigenvalue weighted by Gasteiger charge is 1.98. The van der Waals surface area contributed by atoms with E-state index in [1.165, 1.54) is 51.4 Å². The van der Waals surface area contributed by atoms with E-state index in [1.54, 1.807) is 0 Å². The van der Waals surface area contributed by atoms with Crippen LogP contribution in [0.5, 0.6) is 0 Å². The maximum absolute atomic E-state index is 10.9. The summed E-state index contributed by atoms with van der Waals surface area (Å²) in [5.74, 6) is 0. The highest BCUT2D eigenvalue weighted by molar-refractivity contribution is 5.83. The molecule has 132 valence electrons. The van der Waals surface area contributed by atoms with Gasteiger partial charge in [-0.25, -0.2) is 0 Å². The largest absolute Gasteiger partial charge is 0.384 e. The monoisotopic (exact) mass is 327 g/mol. The molecule has 0 aliphatic carbocycles. The molecule has 0 saturated carbocycles. The van der Waals surface area contributed by atoms with Gasteiger partial charge in [-0.15, -0.1) is 6.58 Å². The Labute approximate surface area is 148 Å². The number of benzene rings is 1. The Morgan fingerprint density at radius 3 is 2.17 bits per heavy atom. The van der Waals surface area contributed by atoms with Gasteiger partial charge in [-0.2, -0.15) is 0 Å². The van der Waals surface area contributed by atoms with Crippen molar-refractivity contribution < 1.29 is 4.79 Å². The lowest BCUT2D eigenvalue weighted by molar-refractivity contribution is 0.112. The van der Waals surface area contributed by atoms with Crippen LogP contribution in [0.15, 0.2) is 49.1 Å². The Balaban J connectivity index is 1.93. The number of para-hydroxylation sites is 1. The van der Waals surface area contributed by atoms with Gasteiger partial charge >= 0.3 is 0 Å². The molecule has 0 atom stereocenters. The van der Waals surface area contributed by atoms with Gasteiger partial charge in [-0.1, -0.05) is 56.0 Å². The van der Waals surface area contributed by atoms with Crippen molar-refractivity contribution in [1.29, 1.82) is 0 Å². The fraction of sp³-hybridized carbons (Fsp3) is 0.500. The van der Waals surface area contributed by atoms with Crippen LogP contribution in [-0.2, 0) is 0 Å². The van der Waals surface area contributed by atoms with Gasteiger partial charge in [0.05, 0.1) is 0 Å². The summed E-state index contributed by atoms with van der Waals surface area (Å²) >= 11 is 0. The number of unbranched alkanes of at least 4 members (excludes halogenated alkanes) is 8. The van der Waals surface area contributed by atoms with Gasteiger partial charge in [0.15, 0.2) is 6.29 Å². The lowest BCUT2D eigenvalue weighted by Crippen LogP contribution is -2.03. The van der Waals surface area contributed by atoms with Crippen molar-refractivity contribution in [3.8, 4) is 0 Å². The SMILES string of the molecule is C=CCCCCCCCC/C=C/CCCNc1ccccc1C=O. The summed E-state index contributed by atoms with van der Waals surface area (Å²) in [4.78, 5) is 10.9. The first-order valence-electron chi connectivity index (χ1n) is 9.42. The van der Waals surface area contributed by atoms with Crippen molar-refractivity contribution in [2.75, 3.05) is 11.9 Å². The predicted octanol–water partition coefficient (Wildman–Crippen LogP) is 6.55. The zero-order valence-electron chi connectivity index (χ0n) is 15.0. The molecule has 0 aliphatic rings. The molecule has 0 bridgehead atoms. The molecule has 2 heteroatoms. The zero-order chi connectivity index (χ0) is 17.3. The molecule has 24 heavy (non-hydrogen) atoms. The average Bonchev–Trinajstić information content (AvgIpc) is 2.62. The van der Waals surface area contributed by atoms with Crippen molar-refractivity contribution >= 4 is 12.0 Å². The van der Waals surface area contributed by atoms with Crippen LogP contribution in [0.4, 0.5) is 5.69 Å². The second-order valence-corrected chi connectivity index (χ2v) is 6.23. The third-order valence-corrected chi connectivity index (χ3v) is 4.15. The van der Waals surface area contributed by atoms with Crippen LogP contribution in [0.3, 0.4) is 0 Å². The van der Waals surface area contributed by atoms with E-state index in [1.807, 2.05) is 30.3 Å². The molecular formula is C22H33NO. The summed E-state index contributed by atoms with van der Waals surface area (Å²) in [5, 5.41) is 3.33. The van der Waals surface area contributed by atoms with Crippen LogP contribution in [0.25, 0.3) is 0 Å². The number of allylic oxidation sites excluding steroid dienone is 3. The quantitative estimate of drug-likeness (QED) is 0.225. The molecule has 0 spiro atoms. The molecule has 0 heterocycles. The van der Waals surface area contributed by atoms with Gasteiger partial charge in [0, 0.05) is 17.8 Å². The van der Waals surface area contributed by atoms with Crippen LogP contribution in [0.1, 0.15) is 74.6 Å². The Morgan fingerprint density at radius 2 is 1.46 bits per heavy atom. The standard InChI is InChI=1S/C22H33NO/c1-2-3-4-5-6-7-8-9-10-11-12-13-16-19-23-22-18-15-14-17-21(22)20-24/h2,11-12,14-15,17-18,20,23H,1,3-10,13,16,19H2/b12-11+. The molecule has 0 radical (unpaired) electrons. The minimum Gasteiger partial charge on any atom is -0.384 e. The Hall–Kier alpha value is -1.83. The fourth-order valence-electron chi connectivity index (χ4n) is 2.70. The van der Waals surface area contributed by atoms with Crippen molar-refractivity contribution in [2.24, 2.45) is 0 Å². The van der Waals surface area contributed by atoms with E-state index in [9.17, 15) is 4.79 Å². The Morgan fingerprint density at radius 1 is 0.833 bits per heavy atom. The Bertz CT molecular complexity index is 479. The van der Waals surface area contributed by atoms with Crippen LogP contribution in [0.2, 0.25) is 0 Å². The molecule has 0 unspecified atom stereocenters. The average molecular weight is 328 g/mol. The number of aldehydes is 1. The molecule has 1 aromatic carbocycles. The first-order valence-corrected chi connectivity index (χ1v) is 9.42. The van der Waals surface area contributed by atoms with Crippen LogP contribution >= 0.6 is 0 Å². The zero-order valence-corrected chi connectivity index (χ0v) is 15.0. The predicted molar refractivity (Wildman–Crippen MR) is 106 cm³/mol. The topological polar surface area (TPSA) is 29.1 Å². The van der Waals surface area contributed by atoms with Gasteiger partial charge in [0.25, 0.3) is 0 Å². The molecule has 1 rings (SSSR count). The molecule has 0 saturated heterocycles. The fourth-order valence-corrected chi connectivity index (χ4v) is 2.70. The first-order chi connectivity index (χ1) is 11.9. The lowest BCUT2D eigenvalue weighted by atomic mass is 10.1. The Kier molecular flexibility index (Phi) is 12.4. The van der Waals surface area contributed by atoms with Gasteiger partial charge < -0.3 is 5.32 Å². The number of hydrogen-bond donors (Lipinski definition) is 1. The molecule has 1 aromatic rings. The van der Waals surface area contributed by atoms with E-state index in [-0.39, 0.29) is 0 Å². The van der Waals surface area contributed by atoms with E-state index < -0.39 is 0 Å². The third-order valence-electron chi connectivity index (χ3n) is 4.15. The summed E-state index contributed by atoms with van der Waals surface area (Å²) in [5.41, 5.74) is 1.67. The summed E-state index contributed by atoms with van der Waals surface area (Å²) in [7, 11) is 0. The first kappa shape index (κ1) is 20.2. The normalized spacial score (nSPS) is 10.8. The highest BCUT2D eigenvalue weighted by atomic mass is 16.1. The minimum absolute atomic E-state index is 0.734. The smallest absolute Gasteiger partial charge is 0.152 e. The summed E-state index contributed by atoms with van der Waals surface area (Å²) < 4.78 is 0.